The molecular formula is C5H7N3O2S. The van der Waals surface area contributed by atoms with Gasteiger partial charge in [0.15, 0.2) is 0 Å². The molecule has 5 nitrogen and oxygen atoms in total. The Balaban J connectivity index is 3.13. The highest BCUT2D eigenvalue weighted by atomic mass is 32.1. The van der Waals surface area contributed by atoms with Crippen LogP contribution in [0.15, 0.2) is 4.79 Å². The Morgan fingerprint density at radius 2 is 2.45 bits per heavy atom. The van der Waals surface area contributed by atoms with E-state index < -0.39 is 4.87 Å². The molecule has 0 amide bonds. The number of hydrogen-bond donors (Lipinski definition) is 1. The molecule has 2 N–H and O–H groups in total. The molecule has 0 aliphatic rings. The number of nitrogens with zero attached hydrogens (tertiary/aromatic N) is 2. The number of nitrogen functional groups attached to an aromatic ring is 1. The molecule has 0 radical (unpaired) electrons. The maximum Gasteiger partial charge on any atom is 0.334 e. The van der Waals surface area contributed by atoms with Gasteiger partial charge < -0.3 is 5.73 Å². The Kier molecular flexibility index (Phi) is 2.04. The van der Waals surface area contributed by atoms with Crippen LogP contribution in [0.5, 0.6) is 0 Å². The third-order valence-electron chi connectivity index (χ3n) is 1.10. The monoisotopic (exact) mass is 173 g/mol. The molecule has 0 aliphatic carbocycles. The van der Waals surface area contributed by atoms with Gasteiger partial charge in [0.2, 0.25) is 5.13 Å². The number of carbonyl (C=O) groups excluding carboxylic acids is 1. The molecule has 1 heterocycles. The van der Waals surface area contributed by atoms with Crippen molar-refractivity contribution in [3.8, 4) is 0 Å². The summed E-state index contributed by atoms with van der Waals surface area (Å²) >= 11 is 0.766. The van der Waals surface area contributed by atoms with E-state index in [0.717, 1.165) is 16.0 Å². The van der Waals surface area contributed by atoms with Crippen molar-refractivity contribution in [1.82, 2.24) is 9.78 Å². The van der Waals surface area contributed by atoms with Gasteiger partial charge in [-0.2, -0.15) is 4.68 Å². The Morgan fingerprint density at radius 3 is 2.82 bits per heavy atom. The maximum absolute atomic E-state index is 10.9. The molecule has 11 heavy (non-hydrogen) atoms. The Bertz CT molecular complexity index is 327. The summed E-state index contributed by atoms with van der Waals surface area (Å²) in [6.45, 7) is 1.66. The predicted octanol–water partition coefficient (Wildman–Crippen LogP) is -0.0628. The van der Waals surface area contributed by atoms with Gasteiger partial charge in [0.25, 0.3) is 5.91 Å². The summed E-state index contributed by atoms with van der Waals surface area (Å²) in [5.41, 5.74) is 5.21. The first-order valence-electron chi connectivity index (χ1n) is 3.04. The maximum atomic E-state index is 10.9. The van der Waals surface area contributed by atoms with Crippen LogP contribution in [-0.2, 0) is 0 Å². The lowest BCUT2D eigenvalue weighted by Gasteiger charge is -1.90. The normalized spacial score (nSPS) is 9.91. The van der Waals surface area contributed by atoms with Gasteiger partial charge in [-0.3, -0.25) is 9.59 Å². The molecule has 0 fully saturated rings. The van der Waals surface area contributed by atoms with Gasteiger partial charge in [-0.05, 0) is 11.3 Å². The van der Waals surface area contributed by atoms with Crippen molar-refractivity contribution in [2.75, 3.05) is 5.73 Å². The fraction of sp³-hybridized carbons (Fsp3) is 0.400. The summed E-state index contributed by atoms with van der Waals surface area (Å²) in [6.07, 6.45) is 0.253. The summed E-state index contributed by atoms with van der Waals surface area (Å²) in [4.78, 5) is 21.3. The van der Waals surface area contributed by atoms with Crippen LogP contribution in [0.4, 0.5) is 5.13 Å². The zero-order valence-corrected chi connectivity index (χ0v) is 6.72. The topological polar surface area (TPSA) is 78.0 Å². The van der Waals surface area contributed by atoms with E-state index in [4.69, 9.17) is 5.73 Å². The van der Waals surface area contributed by atoms with E-state index in [0.29, 0.717) is 0 Å². The van der Waals surface area contributed by atoms with Crippen LogP contribution in [0.25, 0.3) is 0 Å². The van der Waals surface area contributed by atoms with Gasteiger partial charge in [0.05, 0.1) is 0 Å². The van der Waals surface area contributed by atoms with Crippen molar-refractivity contribution in [2.24, 2.45) is 0 Å². The molecule has 0 unspecified atom stereocenters. The number of carbonyl (C=O) groups is 1. The van der Waals surface area contributed by atoms with E-state index in [1.807, 2.05) is 0 Å². The smallest absolute Gasteiger partial charge is 0.334 e. The Hall–Kier alpha value is -1.17. The number of hydrogen-bond acceptors (Lipinski definition) is 5. The highest BCUT2D eigenvalue weighted by Gasteiger charge is 2.08. The van der Waals surface area contributed by atoms with Crippen molar-refractivity contribution >= 4 is 22.4 Å². The van der Waals surface area contributed by atoms with Crippen LogP contribution in [-0.4, -0.2) is 15.7 Å². The first-order chi connectivity index (χ1) is 5.15. The summed E-state index contributed by atoms with van der Waals surface area (Å²) in [5.74, 6) is -0.331. The highest BCUT2D eigenvalue weighted by Crippen LogP contribution is 1.98. The molecule has 0 bridgehead atoms. The molecule has 60 valence electrons. The molecular weight excluding hydrogens is 166 g/mol. The average Bonchev–Trinajstić information content (AvgIpc) is 2.28. The standard InChI is InChI=1S/C5H7N3O2S/c1-2-3(9)8-5(10)11-4(6)7-8/h2H2,1H3,(H2,6,7). The van der Waals surface area contributed by atoms with Gasteiger partial charge in [0.1, 0.15) is 0 Å². The molecule has 1 aromatic rings. The molecule has 6 heteroatoms. The van der Waals surface area contributed by atoms with Crippen LogP contribution < -0.4 is 10.6 Å². The van der Waals surface area contributed by atoms with E-state index in [2.05, 4.69) is 5.10 Å². The number of aromatic nitrogens is 2. The van der Waals surface area contributed by atoms with Crippen molar-refractivity contribution in [3.05, 3.63) is 9.67 Å². The second kappa shape index (κ2) is 2.83. The molecule has 0 atom stereocenters. The van der Waals surface area contributed by atoms with E-state index in [1.165, 1.54) is 0 Å². The van der Waals surface area contributed by atoms with Gasteiger partial charge in [0, 0.05) is 6.42 Å². The largest absolute Gasteiger partial charge is 0.374 e. The number of anilines is 1. The first-order valence-corrected chi connectivity index (χ1v) is 3.85. The molecule has 1 rings (SSSR count). The van der Waals surface area contributed by atoms with Crippen LogP contribution in [0.3, 0.4) is 0 Å². The highest BCUT2D eigenvalue weighted by molar-refractivity contribution is 7.12. The SMILES string of the molecule is CCC(=O)n1nc(N)sc1=O. The van der Waals surface area contributed by atoms with E-state index in [1.54, 1.807) is 6.92 Å². The van der Waals surface area contributed by atoms with Gasteiger partial charge >= 0.3 is 4.87 Å². The fourth-order valence-corrected chi connectivity index (χ4v) is 1.13. The predicted molar refractivity (Wildman–Crippen MR) is 41.7 cm³/mol. The van der Waals surface area contributed by atoms with Gasteiger partial charge in [-0.15, -0.1) is 5.10 Å². The minimum Gasteiger partial charge on any atom is -0.374 e. The lowest BCUT2D eigenvalue weighted by molar-refractivity contribution is 0.0890. The van der Waals surface area contributed by atoms with E-state index >= 15 is 0 Å². The van der Waals surface area contributed by atoms with E-state index in [-0.39, 0.29) is 17.5 Å². The van der Waals surface area contributed by atoms with Crippen LogP contribution in [0.2, 0.25) is 0 Å². The van der Waals surface area contributed by atoms with Crippen LogP contribution >= 0.6 is 11.3 Å². The summed E-state index contributed by atoms with van der Waals surface area (Å²) in [5, 5.41) is 3.65. The minimum absolute atomic E-state index is 0.122. The van der Waals surface area contributed by atoms with Gasteiger partial charge in [-0.25, -0.2) is 0 Å². The molecule has 0 aromatic carbocycles. The minimum atomic E-state index is -0.422. The Morgan fingerprint density at radius 1 is 1.82 bits per heavy atom. The number of nitrogens with two attached hydrogens (primary N) is 1. The summed E-state index contributed by atoms with van der Waals surface area (Å²) in [7, 11) is 0. The number of rotatable bonds is 1. The van der Waals surface area contributed by atoms with E-state index in [9.17, 15) is 9.59 Å². The lowest BCUT2D eigenvalue weighted by Crippen LogP contribution is -2.22. The first kappa shape index (κ1) is 7.93. The van der Waals surface area contributed by atoms with Crippen LogP contribution in [0, 0.1) is 0 Å². The Labute approximate surface area is 66.4 Å². The molecule has 1 aromatic heterocycles. The summed E-state index contributed by atoms with van der Waals surface area (Å²) in [6, 6.07) is 0. The fourth-order valence-electron chi connectivity index (χ4n) is 0.600. The zero-order chi connectivity index (χ0) is 8.43. The quantitative estimate of drug-likeness (QED) is 0.645. The molecule has 0 aliphatic heterocycles. The summed E-state index contributed by atoms with van der Waals surface area (Å²) < 4.78 is 0.792. The van der Waals surface area contributed by atoms with Crippen molar-refractivity contribution in [3.63, 3.8) is 0 Å². The molecule has 0 spiro atoms. The molecule has 0 saturated heterocycles. The zero-order valence-electron chi connectivity index (χ0n) is 5.90. The average molecular weight is 173 g/mol. The van der Waals surface area contributed by atoms with Gasteiger partial charge in [-0.1, -0.05) is 6.92 Å². The van der Waals surface area contributed by atoms with Crippen molar-refractivity contribution in [2.45, 2.75) is 13.3 Å². The second-order valence-electron chi connectivity index (χ2n) is 1.87. The van der Waals surface area contributed by atoms with Crippen LogP contribution in [0.1, 0.15) is 18.1 Å². The molecule has 0 saturated carbocycles. The second-order valence-corrected chi connectivity index (χ2v) is 2.84. The van der Waals surface area contributed by atoms with Crippen molar-refractivity contribution < 1.29 is 4.79 Å². The van der Waals surface area contributed by atoms with Crippen molar-refractivity contribution in [1.29, 1.82) is 0 Å². The third-order valence-corrected chi connectivity index (χ3v) is 1.74. The lowest BCUT2D eigenvalue weighted by atomic mass is 10.5. The third kappa shape index (κ3) is 1.45.